The fourth-order valence-electron chi connectivity index (χ4n) is 1.57. The summed E-state index contributed by atoms with van der Waals surface area (Å²) in [5.74, 6) is 1.17. The number of hydrogen-bond acceptors (Lipinski definition) is 0. The zero-order valence-corrected chi connectivity index (χ0v) is 8.22. The van der Waals surface area contributed by atoms with E-state index in [2.05, 4.69) is 40.9 Å². The number of hydrogen-bond donors (Lipinski definition) is 0. The predicted octanol–water partition coefficient (Wildman–Crippen LogP) is 3.66. The Morgan fingerprint density at radius 2 is 1.64 bits per heavy atom. The van der Waals surface area contributed by atoms with Crippen molar-refractivity contribution in [1.82, 2.24) is 0 Å². The Hall–Kier alpha value is -0.520. The van der Waals surface area contributed by atoms with Crippen molar-refractivity contribution >= 4 is 0 Å². The summed E-state index contributed by atoms with van der Waals surface area (Å²) >= 11 is 0. The fraction of sp³-hybridized carbons (Fsp3) is 0.636. The summed E-state index contributed by atoms with van der Waals surface area (Å²) in [5, 5.41) is 0. The van der Waals surface area contributed by atoms with Crippen molar-refractivity contribution in [1.29, 1.82) is 0 Å². The third-order valence-corrected chi connectivity index (χ3v) is 2.36. The summed E-state index contributed by atoms with van der Waals surface area (Å²) in [7, 11) is 0. The van der Waals surface area contributed by atoms with Gasteiger partial charge in [0.15, 0.2) is 0 Å². The van der Waals surface area contributed by atoms with Crippen LogP contribution in [0.2, 0.25) is 0 Å². The first-order valence-electron chi connectivity index (χ1n) is 4.22. The molecular weight excluding hydrogens is 132 g/mol. The fourth-order valence-corrected chi connectivity index (χ4v) is 1.57. The molecule has 64 valence electrons. The van der Waals surface area contributed by atoms with Crippen molar-refractivity contribution in [3.05, 3.63) is 25.3 Å². The van der Waals surface area contributed by atoms with Crippen molar-refractivity contribution in [3.63, 3.8) is 0 Å². The molecule has 0 fully saturated rings. The zero-order valence-electron chi connectivity index (χ0n) is 8.22. The maximum atomic E-state index is 3.85. The van der Waals surface area contributed by atoms with Crippen LogP contribution in [0.25, 0.3) is 0 Å². The van der Waals surface area contributed by atoms with Gasteiger partial charge < -0.3 is 0 Å². The van der Waals surface area contributed by atoms with E-state index in [1.54, 1.807) is 0 Å². The van der Waals surface area contributed by atoms with Gasteiger partial charge in [-0.05, 0) is 17.3 Å². The Bertz CT molecular complexity index is 140. The molecule has 0 aromatic heterocycles. The molecule has 11 heavy (non-hydrogen) atoms. The second kappa shape index (κ2) is 3.75. The first-order chi connectivity index (χ1) is 4.95. The third-order valence-electron chi connectivity index (χ3n) is 2.36. The van der Waals surface area contributed by atoms with Crippen LogP contribution in [0.1, 0.15) is 27.7 Å². The Labute approximate surface area is 71.0 Å². The standard InChI is InChI=1S/C11H20/c1-7-10(9(3)4)11(5,6)8-2/h7-10H,1-2H2,3-6H3. The van der Waals surface area contributed by atoms with Crippen molar-refractivity contribution in [2.75, 3.05) is 0 Å². The van der Waals surface area contributed by atoms with Crippen molar-refractivity contribution in [2.24, 2.45) is 17.3 Å². The molecule has 0 aliphatic rings. The molecule has 1 unspecified atom stereocenters. The van der Waals surface area contributed by atoms with Gasteiger partial charge >= 0.3 is 0 Å². The van der Waals surface area contributed by atoms with E-state index < -0.39 is 0 Å². The van der Waals surface area contributed by atoms with Gasteiger partial charge in [0.2, 0.25) is 0 Å². The van der Waals surface area contributed by atoms with Gasteiger partial charge in [0.25, 0.3) is 0 Å². The molecule has 0 heterocycles. The van der Waals surface area contributed by atoms with Gasteiger partial charge in [-0.1, -0.05) is 39.8 Å². The van der Waals surface area contributed by atoms with Gasteiger partial charge in [-0.3, -0.25) is 0 Å². The lowest BCUT2D eigenvalue weighted by molar-refractivity contribution is 0.269. The minimum atomic E-state index is 0.177. The van der Waals surface area contributed by atoms with Crippen LogP contribution >= 0.6 is 0 Å². The third kappa shape index (κ3) is 2.53. The van der Waals surface area contributed by atoms with Crippen LogP contribution in [-0.4, -0.2) is 0 Å². The molecule has 0 nitrogen and oxygen atoms in total. The summed E-state index contributed by atoms with van der Waals surface area (Å²) < 4.78 is 0. The van der Waals surface area contributed by atoms with E-state index in [9.17, 15) is 0 Å². The lowest BCUT2D eigenvalue weighted by Gasteiger charge is -2.32. The number of allylic oxidation sites excluding steroid dienone is 2. The van der Waals surface area contributed by atoms with E-state index in [-0.39, 0.29) is 5.41 Å². The Balaban J connectivity index is 4.48. The maximum Gasteiger partial charge on any atom is -0.0112 e. The topological polar surface area (TPSA) is 0 Å². The van der Waals surface area contributed by atoms with E-state index in [1.807, 2.05) is 12.2 Å². The van der Waals surface area contributed by atoms with E-state index >= 15 is 0 Å². The zero-order chi connectivity index (χ0) is 9.07. The minimum absolute atomic E-state index is 0.177. The van der Waals surface area contributed by atoms with Gasteiger partial charge in [0, 0.05) is 0 Å². The summed E-state index contributed by atoms with van der Waals surface area (Å²) in [6.45, 7) is 16.5. The van der Waals surface area contributed by atoms with Crippen LogP contribution in [0.3, 0.4) is 0 Å². The molecule has 1 atom stereocenters. The lowest BCUT2D eigenvalue weighted by atomic mass is 9.73. The first kappa shape index (κ1) is 10.5. The normalized spacial score (nSPS) is 14.6. The van der Waals surface area contributed by atoms with E-state index in [0.717, 1.165) is 0 Å². The van der Waals surface area contributed by atoms with E-state index in [0.29, 0.717) is 11.8 Å². The number of rotatable bonds is 4. The largest absolute Gasteiger partial charge is 0.103 e. The van der Waals surface area contributed by atoms with Crippen molar-refractivity contribution in [3.8, 4) is 0 Å². The van der Waals surface area contributed by atoms with Crippen molar-refractivity contribution < 1.29 is 0 Å². The molecule has 0 saturated carbocycles. The summed E-state index contributed by atoms with van der Waals surface area (Å²) in [5.41, 5.74) is 0.177. The highest BCUT2D eigenvalue weighted by atomic mass is 14.3. The maximum absolute atomic E-state index is 3.85. The van der Waals surface area contributed by atoms with Crippen LogP contribution in [0.4, 0.5) is 0 Å². The molecule has 0 saturated heterocycles. The summed E-state index contributed by atoms with van der Waals surface area (Å²) in [4.78, 5) is 0. The molecular formula is C11H20. The van der Waals surface area contributed by atoms with Crippen LogP contribution < -0.4 is 0 Å². The minimum Gasteiger partial charge on any atom is -0.103 e. The average molecular weight is 152 g/mol. The van der Waals surface area contributed by atoms with Crippen LogP contribution in [0.15, 0.2) is 25.3 Å². The Morgan fingerprint density at radius 3 is 1.73 bits per heavy atom. The molecule has 0 radical (unpaired) electrons. The Morgan fingerprint density at radius 1 is 1.18 bits per heavy atom. The molecule has 0 aliphatic carbocycles. The monoisotopic (exact) mass is 152 g/mol. The highest BCUT2D eigenvalue weighted by Crippen LogP contribution is 2.34. The second-order valence-electron chi connectivity index (χ2n) is 4.03. The molecule has 0 N–H and O–H groups in total. The van der Waals surface area contributed by atoms with Gasteiger partial charge in [-0.2, -0.15) is 0 Å². The molecule has 0 bridgehead atoms. The van der Waals surface area contributed by atoms with Crippen LogP contribution in [-0.2, 0) is 0 Å². The SMILES string of the molecule is C=CC(C(C)C)C(C)(C)C=C. The molecule has 0 rings (SSSR count). The van der Waals surface area contributed by atoms with Gasteiger partial charge in [-0.25, -0.2) is 0 Å². The smallest absolute Gasteiger partial charge is 0.0112 e. The highest BCUT2D eigenvalue weighted by molar-refractivity contribution is 5.00. The van der Waals surface area contributed by atoms with E-state index in [4.69, 9.17) is 0 Å². The quantitative estimate of drug-likeness (QED) is 0.539. The van der Waals surface area contributed by atoms with Gasteiger partial charge in [-0.15, -0.1) is 13.2 Å². The van der Waals surface area contributed by atoms with Gasteiger partial charge in [0.05, 0.1) is 0 Å². The molecule has 0 aliphatic heterocycles. The molecule has 0 heteroatoms. The lowest BCUT2D eigenvalue weighted by Crippen LogP contribution is -2.24. The molecule has 0 spiro atoms. The van der Waals surface area contributed by atoms with Crippen LogP contribution in [0, 0.1) is 17.3 Å². The molecule has 0 aromatic carbocycles. The van der Waals surface area contributed by atoms with Crippen molar-refractivity contribution in [2.45, 2.75) is 27.7 Å². The summed E-state index contributed by atoms with van der Waals surface area (Å²) in [6, 6.07) is 0. The molecule has 0 amide bonds. The highest BCUT2D eigenvalue weighted by Gasteiger charge is 2.25. The second-order valence-corrected chi connectivity index (χ2v) is 4.03. The summed E-state index contributed by atoms with van der Waals surface area (Å²) in [6.07, 6.45) is 4.05. The first-order valence-corrected chi connectivity index (χ1v) is 4.22. The van der Waals surface area contributed by atoms with E-state index in [1.165, 1.54) is 0 Å². The van der Waals surface area contributed by atoms with Gasteiger partial charge in [0.1, 0.15) is 0 Å². The Kier molecular flexibility index (Phi) is 3.57. The van der Waals surface area contributed by atoms with Crippen LogP contribution in [0.5, 0.6) is 0 Å². The predicted molar refractivity (Wildman–Crippen MR) is 52.5 cm³/mol. The average Bonchev–Trinajstić information content (AvgIpc) is 1.88. The molecule has 0 aromatic rings.